The van der Waals surface area contributed by atoms with Crippen molar-refractivity contribution < 1.29 is 9.50 Å². The van der Waals surface area contributed by atoms with E-state index in [0.29, 0.717) is 5.57 Å². The second-order valence-corrected chi connectivity index (χ2v) is 6.05. The summed E-state index contributed by atoms with van der Waals surface area (Å²) in [5, 5.41) is 10.7. The zero-order chi connectivity index (χ0) is 19.1. The summed E-state index contributed by atoms with van der Waals surface area (Å²) < 4.78 is 11.0. The number of H-pyrrole nitrogens is 1. The number of pyridine rings is 1. The van der Waals surface area contributed by atoms with Crippen molar-refractivity contribution in [2.45, 2.75) is 13.8 Å². The number of fused-ring (bicyclic) bond motifs is 1. The van der Waals surface area contributed by atoms with Crippen molar-refractivity contribution in [3.05, 3.63) is 79.2 Å². The Labute approximate surface area is 153 Å². The maximum Gasteiger partial charge on any atom is 0.137 e. The van der Waals surface area contributed by atoms with E-state index < -0.39 is 0 Å². The van der Waals surface area contributed by atoms with Crippen molar-refractivity contribution in [1.82, 2.24) is 9.97 Å². The van der Waals surface area contributed by atoms with Crippen molar-refractivity contribution in [1.29, 1.82) is 0 Å². The molecule has 4 heteroatoms. The van der Waals surface area contributed by atoms with Crippen LogP contribution in [0.1, 0.15) is 19.4 Å². The fraction of sp³-hybridized carbons (Fsp3) is 0.136. The maximum atomic E-state index is 11.0. The first-order chi connectivity index (χ1) is 12.5. The van der Waals surface area contributed by atoms with Crippen molar-refractivity contribution in [3.8, 4) is 16.9 Å². The van der Waals surface area contributed by atoms with Gasteiger partial charge in [0.25, 0.3) is 0 Å². The van der Waals surface area contributed by atoms with Crippen LogP contribution in [0, 0.1) is 0 Å². The van der Waals surface area contributed by atoms with E-state index in [-0.39, 0.29) is 12.4 Å². The van der Waals surface area contributed by atoms with E-state index >= 15 is 0 Å². The zero-order valence-corrected chi connectivity index (χ0v) is 15.1. The Morgan fingerprint density at radius 3 is 2.62 bits per heavy atom. The van der Waals surface area contributed by atoms with Crippen LogP contribution in [0.3, 0.4) is 0 Å². The fourth-order valence-electron chi connectivity index (χ4n) is 2.44. The van der Waals surface area contributed by atoms with Crippen LogP contribution in [0.25, 0.3) is 27.7 Å². The highest BCUT2D eigenvalue weighted by Crippen LogP contribution is 2.29. The predicted octanol–water partition coefficient (Wildman–Crippen LogP) is 6.06. The molecule has 26 heavy (non-hydrogen) atoms. The normalized spacial score (nSPS) is 11.0. The first-order valence-electron chi connectivity index (χ1n) is 8.22. The Bertz CT molecular complexity index is 954. The maximum absolute atomic E-state index is 11.0. The number of alkyl halides is 1. The molecule has 0 fully saturated rings. The number of halogens is 1. The average molecular weight is 350 g/mol. The monoisotopic (exact) mass is 350 g/mol. The third kappa shape index (κ3) is 4.70. The average Bonchev–Trinajstić information content (AvgIpc) is 3.05. The van der Waals surface area contributed by atoms with Crippen molar-refractivity contribution >= 4 is 16.6 Å². The molecule has 1 aromatic carbocycles. The Hall–Kier alpha value is -3.14. The summed E-state index contributed by atoms with van der Waals surface area (Å²) in [4.78, 5) is 7.64. The summed E-state index contributed by atoms with van der Waals surface area (Å²) >= 11 is 0. The fourth-order valence-corrected chi connectivity index (χ4v) is 2.44. The quantitative estimate of drug-likeness (QED) is 0.444. The molecule has 0 amide bonds. The second kappa shape index (κ2) is 8.81. The molecule has 0 aliphatic rings. The van der Waals surface area contributed by atoms with E-state index in [1.807, 2.05) is 37.5 Å². The Morgan fingerprint density at radius 1 is 1.27 bits per heavy atom. The molecule has 3 nitrogen and oxygen atoms in total. The minimum Gasteiger partial charge on any atom is -0.508 e. The van der Waals surface area contributed by atoms with E-state index in [0.717, 1.165) is 33.3 Å². The topological polar surface area (TPSA) is 48.9 Å². The summed E-state index contributed by atoms with van der Waals surface area (Å²) in [5.41, 5.74) is 5.61. The van der Waals surface area contributed by atoms with Crippen molar-refractivity contribution in [2.24, 2.45) is 0 Å². The van der Waals surface area contributed by atoms with Gasteiger partial charge in [-0.3, -0.25) is 0 Å². The number of nitrogens with zero attached hydrogens (tertiary/aromatic N) is 1. The standard InChI is InChI=1S/C18H16N2O.C4H7F/c1-3-5-12(2)17-11-20-18-16(17)9-14(10-19-18)13-6-4-7-15(21)8-13;1-4(2)3-5/h3-11,21H,1H2,2H3,(H,19,20);1,3H2,2H3/b12-5+;. The molecule has 0 spiro atoms. The Morgan fingerprint density at radius 2 is 2.00 bits per heavy atom. The number of hydrogen-bond donors (Lipinski definition) is 2. The van der Waals surface area contributed by atoms with Crippen LogP contribution in [0.5, 0.6) is 5.75 Å². The number of aromatic nitrogens is 2. The second-order valence-electron chi connectivity index (χ2n) is 6.05. The third-order valence-electron chi connectivity index (χ3n) is 3.73. The van der Waals surface area contributed by atoms with Crippen LogP contribution < -0.4 is 0 Å². The highest BCUT2D eigenvalue weighted by molar-refractivity contribution is 5.92. The molecule has 0 saturated heterocycles. The van der Waals surface area contributed by atoms with Gasteiger partial charge >= 0.3 is 0 Å². The number of phenols is 1. The van der Waals surface area contributed by atoms with Crippen LogP contribution in [0.4, 0.5) is 4.39 Å². The molecule has 3 rings (SSSR count). The lowest BCUT2D eigenvalue weighted by atomic mass is 10.0. The van der Waals surface area contributed by atoms with Gasteiger partial charge in [0.2, 0.25) is 0 Å². The molecule has 0 aliphatic carbocycles. The highest BCUT2D eigenvalue weighted by atomic mass is 19.1. The van der Waals surface area contributed by atoms with Gasteiger partial charge in [-0.05, 0) is 48.8 Å². The number of phenolic OH excluding ortho intramolecular Hbond substituents is 1. The summed E-state index contributed by atoms with van der Waals surface area (Å²) in [6.07, 6.45) is 7.52. The Balaban J connectivity index is 0.000000431. The molecule has 0 bridgehead atoms. The first kappa shape index (κ1) is 19.2. The molecule has 0 unspecified atom stereocenters. The number of aromatic hydroxyl groups is 1. The van der Waals surface area contributed by atoms with Gasteiger partial charge in [-0.15, -0.1) is 0 Å². The van der Waals surface area contributed by atoms with Crippen molar-refractivity contribution in [3.63, 3.8) is 0 Å². The van der Waals surface area contributed by atoms with Gasteiger partial charge in [-0.25, -0.2) is 9.37 Å². The van der Waals surface area contributed by atoms with Gasteiger partial charge in [0.05, 0.1) is 0 Å². The van der Waals surface area contributed by atoms with Crippen LogP contribution in [-0.4, -0.2) is 21.7 Å². The highest BCUT2D eigenvalue weighted by Gasteiger charge is 2.08. The molecule has 0 atom stereocenters. The van der Waals surface area contributed by atoms with E-state index in [2.05, 4.69) is 29.2 Å². The smallest absolute Gasteiger partial charge is 0.137 e. The van der Waals surface area contributed by atoms with E-state index in [4.69, 9.17) is 0 Å². The lowest BCUT2D eigenvalue weighted by Gasteiger charge is -2.04. The number of allylic oxidation sites excluding steroid dienone is 4. The van der Waals surface area contributed by atoms with Crippen LogP contribution in [0.2, 0.25) is 0 Å². The van der Waals surface area contributed by atoms with E-state index in [1.165, 1.54) is 0 Å². The number of hydrogen-bond acceptors (Lipinski definition) is 2. The SMILES string of the molecule is C=C(C)CF.C=C/C=C(\C)c1c[nH]c2ncc(-c3cccc(O)c3)cc12. The van der Waals surface area contributed by atoms with Crippen LogP contribution in [0.15, 0.2) is 73.6 Å². The number of aromatic amines is 1. The minimum atomic E-state index is -0.389. The molecular formula is C22H23FN2O. The molecule has 2 aromatic heterocycles. The predicted molar refractivity (Wildman–Crippen MR) is 108 cm³/mol. The summed E-state index contributed by atoms with van der Waals surface area (Å²) in [5.74, 6) is 0.254. The lowest BCUT2D eigenvalue weighted by molar-refractivity contribution is 0.475. The van der Waals surface area contributed by atoms with Crippen molar-refractivity contribution in [2.75, 3.05) is 6.67 Å². The van der Waals surface area contributed by atoms with Gasteiger partial charge in [-0.1, -0.05) is 37.4 Å². The number of benzene rings is 1. The molecule has 2 heterocycles. The molecular weight excluding hydrogens is 327 g/mol. The number of nitrogens with one attached hydrogen (secondary N) is 1. The Kier molecular flexibility index (Phi) is 6.50. The van der Waals surface area contributed by atoms with Crippen LogP contribution >= 0.6 is 0 Å². The largest absolute Gasteiger partial charge is 0.508 e. The first-order valence-corrected chi connectivity index (χ1v) is 8.22. The minimum absolute atomic E-state index is 0.254. The van der Waals surface area contributed by atoms with Gasteiger partial charge in [-0.2, -0.15) is 0 Å². The van der Waals surface area contributed by atoms with Gasteiger partial charge in [0.15, 0.2) is 0 Å². The lowest BCUT2D eigenvalue weighted by Crippen LogP contribution is -1.83. The molecule has 0 radical (unpaired) electrons. The molecule has 0 saturated carbocycles. The number of rotatable bonds is 4. The zero-order valence-electron chi connectivity index (χ0n) is 15.1. The van der Waals surface area contributed by atoms with Gasteiger partial charge in [0.1, 0.15) is 18.1 Å². The molecule has 0 aliphatic heterocycles. The van der Waals surface area contributed by atoms with Crippen LogP contribution in [-0.2, 0) is 0 Å². The summed E-state index contributed by atoms with van der Waals surface area (Å²) in [7, 11) is 0. The van der Waals surface area contributed by atoms with E-state index in [9.17, 15) is 9.50 Å². The van der Waals surface area contributed by atoms with Gasteiger partial charge < -0.3 is 10.1 Å². The molecule has 3 aromatic rings. The van der Waals surface area contributed by atoms with Gasteiger partial charge in [0, 0.05) is 28.9 Å². The summed E-state index contributed by atoms with van der Waals surface area (Å²) in [6.45, 7) is 10.3. The van der Waals surface area contributed by atoms with E-state index in [1.54, 1.807) is 25.1 Å². The molecule has 134 valence electrons. The molecule has 2 N–H and O–H groups in total. The third-order valence-corrected chi connectivity index (χ3v) is 3.73. The summed E-state index contributed by atoms with van der Waals surface area (Å²) in [6, 6.07) is 9.27.